The molecular formula is C15H22N2O2S. The molecule has 110 valence electrons. The zero-order valence-electron chi connectivity index (χ0n) is 13.2. The van der Waals surface area contributed by atoms with Gasteiger partial charge < -0.3 is 0 Å². The number of hydrogen-bond donors (Lipinski definition) is 1. The molecule has 20 heavy (non-hydrogen) atoms. The summed E-state index contributed by atoms with van der Waals surface area (Å²) in [7, 11) is -3.61. The van der Waals surface area contributed by atoms with Gasteiger partial charge in [0.2, 0.25) is 0 Å². The van der Waals surface area contributed by atoms with Gasteiger partial charge in [0, 0.05) is 5.71 Å². The third-order valence-corrected chi connectivity index (χ3v) is 4.17. The predicted octanol–water partition coefficient (Wildman–Crippen LogP) is 3.40. The third-order valence-electron chi connectivity index (χ3n) is 2.95. The molecular weight excluding hydrogens is 272 g/mol. The molecule has 1 rings (SSSR count). The number of benzene rings is 1. The van der Waals surface area contributed by atoms with Crippen LogP contribution in [0.4, 0.5) is 0 Å². The van der Waals surface area contributed by atoms with Gasteiger partial charge in [-0.05, 0) is 45.2 Å². The molecule has 0 bridgehead atoms. The van der Waals surface area contributed by atoms with Crippen molar-refractivity contribution in [2.45, 2.75) is 44.9 Å². The average molecular weight is 295 g/mol. The van der Waals surface area contributed by atoms with Gasteiger partial charge in [-0.15, -0.1) is 0 Å². The van der Waals surface area contributed by atoms with Gasteiger partial charge in [0.15, 0.2) is 0 Å². The maximum atomic E-state index is 12.0. The SMILES string of the molecule is [2H]C=C(CC)CC/C(C)=N/NS(=O)(=O)c1ccc(C)cc1. The lowest BCUT2D eigenvalue weighted by Gasteiger charge is -2.06. The van der Waals surface area contributed by atoms with Crippen molar-refractivity contribution in [2.24, 2.45) is 5.10 Å². The predicted molar refractivity (Wildman–Crippen MR) is 83.3 cm³/mol. The molecule has 0 atom stereocenters. The van der Waals surface area contributed by atoms with E-state index in [0.717, 1.165) is 24.0 Å². The number of allylic oxidation sites excluding steroid dienone is 1. The number of nitrogens with zero attached hydrogens (tertiary/aromatic N) is 1. The van der Waals surface area contributed by atoms with Crippen molar-refractivity contribution in [2.75, 3.05) is 0 Å². The molecule has 0 heterocycles. The van der Waals surface area contributed by atoms with E-state index in [1.807, 2.05) is 13.8 Å². The molecule has 1 aromatic rings. The van der Waals surface area contributed by atoms with E-state index < -0.39 is 10.0 Å². The highest BCUT2D eigenvalue weighted by Crippen LogP contribution is 2.10. The smallest absolute Gasteiger partial charge is 0.200 e. The molecule has 0 aliphatic rings. The van der Waals surface area contributed by atoms with Crippen molar-refractivity contribution >= 4 is 15.7 Å². The fourth-order valence-electron chi connectivity index (χ4n) is 1.48. The van der Waals surface area contributed by atoms with Crippen LogP contribution in [-0.4, -0.2) is 14.1 Å². The highest BCUT2D eigenvalue weighted by atomic mass is 32.2. The second-order valence-electron chi connectivity index (χ2n) is 4.77. The summed E-state index contributed by atoms with van der Waals surface area (Å²) in [5.74, 6) is 0. The summed E-state index contributed by atoms with van der Waals surface area (Å²) in [4.78, 5) is 2.45. The van der Waals surface area contributed by atoms with Crippen molar-refractivity contribution in [1.82, 2.24) is 4.83 Å². The molecule has 0 fully saturated rings. The highest BCUT2D eigenvalue weighted by molar-refractivity contribution is 7.89. The molecule has 1 aromatic carbocycles. The molecule has 0 saturated heterocycles. The van der Waals surface area contributed by atoms with Crippen LogP contribution >= 0.6 is 0 Å². The van der Waals surface area contributed by atoms with Crippen molar-refractivity contribution in [3.05, 3.63) is 42.0 Å². The topological polar surface area (TPSA) is 58.5 Å². The molecule has 0 aliphatic carbocycles. The van der Waals surface area contributed by atoms with Gasteiger partial charge >= 0.3 is 0 Å². The van der Waals surface area contributed by atoms with E-state index in [2.05, 4.69) is 9.93 Å². The van der Waals surface area contributed by atoms with E-state index in [4.69, 9.17) is 1.37 Å². The summed E-state index contributed by atoms with van der Waals surface area (Å²) in [5, 5.41) is 3.93. The Hall–Kier alpha value is -1.62. The molecule has 0 unspecified atom stereocenters. The minimum Gasteiger partial charge on any atom is -0.200 e. The second-order valence-corrected chi connectivity index (χ2v) is 6.43. The monoisotopic (exact) mass is 295 g/mol. The lowest BCUT2D eigenvalue weighted by molar-refractivity contribution is 0.584. The first kappa shape index (κ1) is 14.8. The van der Waals surface area contributed by atoms with Gasteiger partial charge in [0.05, 0.1) is 6.27 Å². The van der Waals surface area contributed by atoms with Crippen LogP contribution < -0.4 is 4.83 Å². The lowest BCUT2D eigenvalue weighted by atomic mass is 10.1. The molecule has 0 spiro atoms. The maximum Gasteiger partial charge on any atom is 0.276 e. The summed E-state index contributed by atoms with van der Waals surface area (Å²) in [6.07, 6.45) is 2.18. The summed E-state index contributed by atoms with van der Waals surface area (Å²) in [6, 6.07) is 6.61. The summed E-state index contributed by atoms with van der Waals surface area (Å²) in [5.41, 5.74) is 2.72. The Morgan fingerprint density at radius 1 is 1.35 bits per heavy atom. The van der Waals surface area contributed by atoms with Crippen LogP contribution in [0, 0.1) is 6.92 Å². The Kier molecular flexibility index (Phi) is 5.35. The number of aryl methyl sites for hydroxylation is 1. The molecule has 0 radical (unpaired) electrons. The van der Waals surface area contributed by atoms with Crippen LogP contribution in [0.15, 0.2) is 46.4 Å². The van der Waals surface area contributed by atoms with Crippen LogP contribution in [0.5, 0.6) is 0 Å². The number of nitrogens with one attached hydrogen (secondary N) is 1. The largest absolute Gasteiger partial charge is 0.276 e. The van der Waals surface area contributed by atoms with Gasteiger partial charge in [-0.1, -0.05) is 36.7 Å². The zero-order valence-corrected chi connectivity index (χ0v) is 13.0. The number of hydrazone groups is 1. The quantitative estimate of drug-likeness (QED) is 0.476. The van der Waals surface area contributed by atoms with Crippen molar-refractivity contribution in [3.8, 4) is 0 Å². The number of hydrogen-bond acceptors (Lipinski definition) is 3. The van der Waals surface area contributed by atoms with E-state index in [1.165, 1.54) is 6.55 Å². The first-order valence-corrected chi connectivity index (χ1v) is 8.05. The van der Waals surface area contributed by atoms with Crippen LogP contribution in [0.1, 0.15) is 40.0 Å². The Morgan fingerprint density at radius 3 is 2.55 bits per heavy atom. The van der Waals surface area contributed by atoms with E-state index in [-0.39, 0.29) is 4.90 Å². The van der Waals surface area contributed by atoms with E-state index >= 15 is 0 Å². The van der Waals surface area contributed by atoms with E-state index in [0.29, 0.717) is 12.1 Å². The summed E-state index contributed by atoms with van der Waals surface area (Å²) in [6.45, 7) is 7.02. The minimum atomic E-state index is -3.61. The van der Waals surface area contributed by atoms with Gasteiger partial charge in [-0.2, -0.15) is 13.5 Å². The third kappa shape index (κ3) is 5.17. The number of rotatable bonds is 7. The second kappa shape index (κ2) is 7.24. The van der Waals surface area contributed by atoms with Gasteiger partial charge in [0.1, 0.15) is 0 Å². The summed E-state index contributed by atoms with van der Waals surface area (Å²) >= 11 is 0. The molecule has 4 nitrogen and oxygen atoms in total. The van der Waals surface area contributed by atoms with Crippen molar-refractivity contribution in [1.29, 1.82) is 0 Å². The molecule has 0 aliphatic heterocycles. The summed E-state index contributed by atoms with van der Waals surface area (Å²) < 4.78 is 31.3. The molecule has 0 amide bonds. The first-order valence-electron chi connectivity index (χ1n) is 7.14. The molecule has 0 saturated carbocycles. The van der Waals surface area contributed by atoms with Crippen LogP contribution in [0.25, 0.3) is 0 Å². The van der Waals surface area contributed by atoms with Crippen LogP contribution in [0.2, 0.25) is 0 Å². The van der Waals surface area contributed by atoms with Gasteiger partial charge in [-0.25, -0.2) is 4.83 Å². The van der Waals surface area contributed by atoms with Gasteiger partial charge in [-0.3, -0.25) is 0 Å². The minimum absolute atomic E-state index is 0.199. The van der Waals surface area contributed by atoms with E-state index in [1.54, 1.807) is 31.2 Å². The first-order chi connectivity index (χ1) is 9.89. The zero-order chi connectivity index (χ0) is 15.9. The molecule has 1 N–H and O–H groups in total. The Morgan fingerprint density at radius 2 is 2.00 bits per heavy atom. The lowest BCUT2D eigenvalue weighted by Crippen LogP contribution is -2.19. The maximum absolute atomic E-state index is 12.0. The average Bonchev–Trinajstić information content (AvgIpc) is 2.47. The highest BCUT2D eigenvalue weighted by Gasteiger charge is 2.12. The van der Waals surface area contributed by atoms with E-state index in [9.17, 15) is 8.42 Å². The molecule has 5 heteroatoms. The fourth-order valence-corrected chi connectivity index (χ4v) is 2.36. The Labute approximate surface area is 123 Å². The molecule has 0 aromatic heterocycles. The number of sulfonamides is 1. The standard InChI is InChI=1S/C15H22N2O2S/c1-5-12(2)6-9-14(4)16-17-20(18,19)15-10-7-13(3)8-11-15/h7-8,10-11,17H,2,5-6,9H2,1,3-4H3/b16-14+/i2D/b12-2?,16-14+. The van der Waals surface area contributed by atoms with Gasteiger partial charge in [0.25, 0.3) is 10.0 Å². The van der Waals surface area contributed by atoms with Crippen LogP contribution in [0.3, 0.4) is 0 Å². The normalized spacial score (nSPS) is 14.1. The fraction of sp³-hybridized carbons (Fsp3) is 0.400. The Bertz CT molecular complexity index is 620. The van der Waals surface area contributed by atoms with Crippen LogP contribution in [-0.2, 0) is 10.0 Å². The van der Waals surface area contributed by atoms with Crippen molar-refractivity contribution < 1.29 is 9.79 Å². The van der Waals surface area contributed by atoms with Crippen molar-refractivity contribution in [3.63, 3.8) is 0 Å². The Balaban J connectivity index is 2.67.